The van der Waals surface area contributed by atoms with Crippen LogP contribution in [0.2, 0.25) is 5.22 Å². The van der Waals surface area contributed by atoms with E-state index in [0.717, 1.165) is 10.7 Å². The third-order valence-electron chi connectivity index (χ3n) is 2.70. The first kappa shape index (κ1) is 11.7. The molecular formula is C11H11ClN4OS. The Kier molecular flexibility index (Phi) is 3.09. The molecule has 0 saturated heterocycles. The van der Waals surface area contributed by atoms with Crippen LogP contribution < -0.4 is 11.3 Å². The van der Waals surface area contributed by atoms with Crippen molar-refractivity contribution in [3.63, 3.8) is 0 Å². The van der Waals surface area contributed by atoms with Crippen molar-refractivity contribution in [2.45, 2.75) is 12.5 Å². The molecule has 0 bridgehead atoms. The molecule has 18 heavy (non-hydrogen) atoms. The molecule has 1 atom stereocenters. The number of nitrogens with zero attached hydrogens (tertiary/aromatic N) is 2. The maximum absolute atomic E-state index is 5.76. The normalized spacial score (nSPS) is 13.2. The average molecular weight is 283 g/mol. The molecule has 0 fully saturated rings. The molecule has 0 aromatic carbocycles. The van der Waals surface area contributed by atoms with E-state index >= 15 is 0 Å². The first-order valence-corrected chi connectivity index (χ1v) is 6.64. The zero-order valence-corrected chi connectivity index (χ0v) is 10.9. The predicted molar refractivity (Wildman–Crippen MR) is 70.6 cm³/mol. The molecule has 7 heteroatoms. The van der Waals surface area contributed by atoms with Crippen molar-refractivity contribution in [1.29, 1.82) is 0 Å². The van der Waals surface area contributed by atoms with Gasteiger partial charge < -0.3 is 4.42 Å². The second-order valence-electron chi connectivity index (χ2n) is 3.89. The SMILES string of the molecule is NNC(Cc1cn2ccsc2n1)c1ccc(Cl)o1. The van der Waals surface area contributed by atoms with Crippen LogP contribution in [-0.4, -0.2) is 9.38 Å². The highest BCUT2D eigenvalue weighted by molar-refractivity contribution is 7.15. The van der Waals surface area contributed by atoms with E-state index in [1.54, 1.807) is 17.4 Å². The first-order valence-electron chi connectivity index (χ1n) is 5.38. The third-order valence-corrected chi connectivity index (χ3v) is 3.67. The number of hydrazine groups is 1. The Bertz CT molecular complexity index is 630. The lowest BCUT2D eigenvalue weighted by molar-refractivity contribution is 0.415. The molecule has 1 unspecified atom stereocenters. The summed E-state index contributed by atoms with van der Waals surface area (Å²) in [6, 6.07) is 3.38. The Labute approximate surface area is 112 Å². The van der Waals surface area contributed by atoms with E-state index in [2.05, 4.69) is 10.4 Å². The highest BCUT2D eigenvalue weighted by atomic mass is 35.5. The van der Waals surface area contributed by atoms with Gasteiger partial charge in [0.05, 0.1) is 11.7 Å². The van der Waals surface area contributed by atoms with Crippen molar-refractivity contribution < 1.29 is 4.42 Å². The van der Waals surface area contributed by atoms with Crippen LogP contribution in [0.1, 0.15) is 17.5 Å². The average Bonchev–Trinajstić information content (AvgIpc) is 3.00. The molecule has 0 saturated carbocycles. The number of nitrogens with two attached hydrogens (primary N) is 1. The van der Waals surface area contributed by atoms with Crippen LogP contribution in [0, 0.1) is 0 Å². The van der Waals surface area contributed by atoms with Gasteiger partial charge in [0.15, 0.2) is 10.2 Å². The maximum atomic E-state index is 5.76. The summed E-state index contributed by atoms with van der Waals surface area (Å²) in [4.78, 5) is 5.47. The monoisotopic (exact) mass is 282 g/mol. The van der Waals surface area contributed by atoms with Gasteiger partial charge in [-0.2, -0.15) is 0 Å². The highest BCUT2D eigenvalue weighted by Gasteiger charge is 2.16. The number of nitrogens with one attached hydrogen (secondary N) is 1. The van der Waals surface area contributed by atoms with Crippen molar-refractivity contribution in [1.82, 2.24) is 14.8 Å². The molecule has 0 aliphatic carbocycles. The highest BCUT2D eigenvalue weighted by Crippen LogP contribution is 2.23. The van der Waals surface area contributed by atoms with Gasteiger partial charge in [0, 0.05) is 24.2 Å². The van der Waals surface area contributed by atoms with Gasteiger partial charge >= 0.3 is 0 Å². The molecule has 0 spiro atoms. The summed E-state index contributed by atoms with van der Waals surface area (Å²) in [6.45, 7) is 0. The molecule has 0 amide bonds. The number of furan rings is 1. The van der Waals surface area contributed by atoms with Gasteiger partial charge in [-0.25, -0.2) is 10.4 Å². The van der Waals surface area contributed by atoms with Crippen LogP contribution in [0.25, 0.3) is 4.96 Å². The van der Waals surface area contributed by atoms with E-state index < -0.39 is 0 Å². The van der Waals surface area contributed by atoms with Gasteiger partial charge in [0.2, 0.25) is 0 Å². The Morgan fingerprint density at radius 1 is 1.56 bits per heavy atom. The van der Waals surface area contributed by atoms with E-state index in [0.29, 0.717) is 17.4 Å². The maximum Gasteiger partial charge on any atom is 0.193 e. The lowest BCUT2D eigenvalue weighted by atomic mass is 10.1. The molecule has 3 aromatic heterocycles. The summed E-state index contributed by atoms with van der Waals surface area (Å²) in [5.74, 6) is 6.25. The first-order chi connectivity index (χ1) is 8.76. The molecule has 3 heterocycles. The fourth-order valence-electron chi connectivity index (χ4n) is 1.84. The summed E-state index contributed by atoms with van der Waals surface area (Å²) in [6.07, 6.45) is 4.61. The number of aromatic nitrogens is 2. The molecule has 94 valence electrons. The second-order valence-corrected chi connectivity index (χ2v) is 5.14. The minimum absolute atomic E-state index is 0.137. The Morgan fingerprint density at radius 2 is 2.44 bits per heavy atom. The van der Waals surface area contributed by atoms with E-state index in [1.807, 2.05) is 28.2 Å². The van der Waals surface area contributed by atoms with E-state index in [-0.39, 0.29) is 6.04 Å². The molecule has 0 aliphatic rings. The molecule has 0 radical (unpaired) electrons. The van der Waals surface area contributed by atoms with Gasteiger partial charge in [-0.05, 0) is 23.7 Å². The third kappa shape index (κ3) is 2.15. The molecule has 0 aliphatic heterocycles. The number of rotatable bonds is 4. The quantitative estimate of drug-likeness (QED) is 0.569. The number of imidazole rings is 1. The van der Waals surface area contributed by atoms with E-state index in [9.17, 15) is 0 Å². The summed E-state index contributed by atoms with van der Waals surface area (Å²) >= 11 is 7.36. The molecule has 3 aromatic rings. The number of thiazole rings is 1. The van der Waals surface area contributed by atoms with Gasteiger partial charge in [0.25, 0.3) is 0 Å². The van der Waals surface area contributed by atoms with Crippen LogP contribution in [-0.2, 0) is 6.42 Å². The van der Waals surface area contributed by atoms with Crippen molar-refractivity contribution in [3.05, 3.63) is 46.6 Å². The van der Waals surface area contributed by atoms with Crippen LogP contribution in [0.3, 0.4) is 0 Å². The fraction of sp³-hybridized carbons (Fsp3) is 0.182. The van der Waals surface area contributed by atoms with Crippen LogP contribution >= 0.6 is 22.9 Å². The fourth-order valence-corrected chi connectivity index (χ4v) is 2.71. The lowest BCUT2D eigenvalue weighted by Gasteiger charge is -2.11. The molecule has 3 N–H and O–H groups in total. The summed E-state index contributed by atoms with van der Waals surface area (Å²) in [7, 11) is 0. The number of hydrogen-bond acceptors (Lipinski definition) is 5. The lowest BCUT2D eigenvalue weighted by Crippen LogP contribution is -2.29. The Morgan fingerprint density at radius 3 is 3.11 bits per heavy atom. The molecular weight excluding hydrogens is 272 g/mol. The van der Waals surface area contributed by atoms with Crippen LogP contribution in [0.15, 0.2) is 34.3 Å². The van der Waals surface area contributed by atoms with Crippen molar-refractivity contribution >= 4 is 27.9 Å². The van der Waals surface area contributed by atoms with Crippen LogP contribution in [0.5, 0.6) is 0 Å². The van der Waals surface area contributed by atoms with Crippen molar-refractivity contribution in [2.75, 3.05) is 0 Å². The zero-order chi connectivity index (χ0) is 12.5. The van der Waals surface area contributed by atoms with Gasteiger partial charge in [-0.1, -0.05) is 0 Å². The number of halogens is 1. The minimum atomic E-state index is -0.137. The van der Waals surface area contributed by atoms with Gasteiger partial charge in [-0.3, -0.25) is 10.2 Å². The predicted octanol–water partition coefficient (Wildman–Crippen LogP) is 2.39. The molecule has 3 rings (SSSR count). The second kappa shape index (κ2) is 4.74. The summed E-state index contributed by atoms with van der Waals surface area (Å²) < 4.78 is 7.34. The summed E-state index contributed by atoms with van der Waals surface area (Å²) in [5.41, 5.74) is 3.67. The largest absolute Gasteiger partial charge is 0.448 e. The summed E-state index contributed by atoms with van der Waals surface area (Å²) in [5, 5.41) is 2.35. The van der Waals surface area contributed by atoms with Gasteiger partial charge in [-0.15, -0.1) is 11.3 Å². The minimum Gasteiger partial charge on any atom is -0.448 e. The zero-order valence-electron chi connectivity index (χ0n) is 9.34. The number of fused-ring (bicyclic) bond motifs is 1. The molecule has 5 nitrogen and oxygen atoms in total. The van der Waals surface area contributed by atoms with Gasteiger partial charge in [0.1, 0.15) is 5.76 Å². The van der Waals surface area contributed by atoms with E-state index in [1.165, 1.54) is 0 Å². The Balaban J connectivity index is 1.83. The van der Waals surface area contributed by atoms with Crippen molar-refractivity contribution in [2.24, 2.45) is 5.84 Å². The number of hydrogen-bond donors (Lipinski definition) is 2. The van der Waals surface area contributed by atoms with Crippen LogP contribution in [0.4, 0.5) is 0 Å². The Hall–Kier alpha value is -1.34. The van der Waals surface area contributed by atoms with E-state index in [4.69, 9.17) is 21.9 Å². The standard InChI is InChI=1S/C11H11ClN4OS/c12-10-2-1-9(17-10)8(15-13)5-7-6-16-3-4-18-11(16)14-7/h1-4,6,8,15H,5,13H2. The topological polar surface area (TPSA) is 68.5 Å². The smallest absolute Gasteiger partial charge is 0.193 e. The van der Waals surface area contributed by atoms with Crippen molar-refractivity contribution in [3.8, 4) is 0 Å².